The predicted octanol–water partition coefficient (Wildman–Crippen LogP) is 2.71. The second-order valence-electron chi connectivity index (χ2n) is 5.26. The van der Waals surface area contributed by atoms with Crippen LogP contribution in [0.15, 0.2) is 36.7 Å². The van der Waals surface area contributed by atoms with Crippen LogP contribution in [0.1, 0.15) is 34.7 Å². The molecule has 0 amide bonds. The Kier molecular flexibility index (Phi) is 5.17. The lowest BCUT2D eigenvalue weighted by Crippen LogP contribution is -2.20. The van der Waals surface area contributed by atoms with Crippen LogP contribution in [0.3, 0.4) is 0 Å². The van der Waals surface area contributed by atoms with Gasteiger partial charge in [0, 0.05) is 23.7 Å². The molecule has 0 fully saturated rings. The molecule has 3 atom stereocenters. The molecule has 3 unspecified atom stereocenters. The summed E-state index contributed by atoms with van der Waals surface area (Å²) in [5.41, 5.74) is -0.968. The summed E-state index contributed by atoms with van der Waals surface area (Å²) in [6.07, 6.45) is -4.91. The van der Waals surface area contributed by atoms with E-state index in [1.807, 2.05) is 0 Å². The van der Waals surface area contributed by atoms with Gasteiger partial charge in [-0.05, 0) is 30.7 Å². The van der Waals surface area contributed by atoms with E-state index in [0.29, 0.717) is 6.07 Å². The van der Waals surface area contributed by atoms with Crippen molar-refractivity contribution in [2.24, 2.45) is 5.92 Å². The monoisotopic (exact) mass is 337 g/mol. The first kappa shape index (κ1) is 17.8. The summed E-state index contributed by atoms with van der Waals surface area (Å²) in [4.78, 5) is 7.19. The van der Waals surface area contributed by atoms with Crippen molar-refractivity contribution in [2.75, 3.05) is 0 Å². The van der Waals surface area contributed by atoms with Gasteiger partial charge in [0.15, 0.2) is 0 Å². The summed E-state index contributed by atoms with van der Waals surface area (Å²) in [5, 5.41) is 29.8. The van der Waals surface area contributed by atoms with Crippen molar-refractivity contribution in [3.8, 4) is 6.07 Å². The van der Waals surface area contributed by atoms with Gasteiger partial charge in [-0.15, -0.1) is 0 Å². The molecule has 0 spiro atoms. The smallest absolute Gasteiger partial charge is 0.387 e. The number of aromatic nitrogens is 2. The number of nitriles is 1. The van der Waals surface area contributed by atoms with Crippen LogP contribution in [0.5, 0.6) is 0 Å². The molecule has 2 aromatic rings. The van der Waals surface area contributed by atoms with Gasteiger partial charge in [0.05, 0.1) is 18.3 Å². The molecule has 126 valence electrons. The second kappa shape index (κ2) is 6.95. The van der Waals surface area contributed by atoms with E-state index < -0.39 is 30.0 Å². The average molecular weight is 337 g/mol. The molecule has 2 aromatic heterocycles. The van der Waals surface area contributed by atoms with Gasteiger partial charge in [0.25, 0.3) is 0 Å². The van der Waals surface area contributed by atoms with Gasteiger partial charge < -0.3 is 10.2 Å². The van der Waals surface area contributed by atoms with E-state index in [1.165, 1.54) is 37.5 Å². The topological polar surface area (TPSA) is 90.0 Å². The Morgan fingerprint density at radius 3 is 2.38 bits per heavy atom. The molecule has 0 aromatic carbocycles. The van der Waals surface area contributed by atoms with Gasteiger partial charge in [-0.1, -0.05) is 6.07 Å². The number of pyridine rings is 2. The zero-order chi connectivity index (χ0) is 17.9. The van der Waals surface area contributed by atoms with E-state index >= 15 is 0 Å². The molecule has 0 aliphatic heterocycles. The third-order valence-electron chi connectivity index (χ3n) is 3.46. The van der Waals surface area contributed by atoms with Crippen LogP contribution in [0.25, 0.3) is 0 Å². The van der Waals surface area contributed by atoms with E-state index in [2.05, 4.69) is 9.97 Å². The van der Waals surface area contributed by atoms with Crippen LogP contribution in [0.4, 0.5) is 13.2 Å². The molecule has 2 rings (SSSR count). The first-order valence-electron chi connectivity index (χ1n) is 6.95. The van der Waals surface area contributed by atoms with Crippen LogP contribution in [0, 0.1) is 24.2 Å². The van der Waals surface area contributed by atoms with E-state index in [4.69, 9.17) is 0 Å². The molecule has 0 aliphatic carbocycles. The molecule has 24 heavy (non-hydrogen) atoms. The first-order valence-corrected chi connectivity index (χ1v) is 6.95. The predicted molar refractivity (Wildman–Crippen MR) is 77.2 cm³/mol. The molecule has 2 N–H and O–H groups in total. The minimum atomic E-state index is -4.68. The number of nitrogens with zero attached hydrogens (tertiary/aromatic N) is 3. The lowest BCUT2D eigenvalue weighted by Gasteiger charge is -2.23. The largest absolute Gasteiger partial charge is 0.433 e. The number of hydrogen-bond acceptors (Lipinski definition) is 5. The highest BCUT2D eigenvalue weighted by atomic mass is 19.4. The SMILES string of the molecule is Cc1cc(C(O)C(C#N)C(O)c2cccnc2)cc(C(F)(F)F)n1. The van der Waals surface area contributed by atoms with Crippen LogP contribution in [-0.2, 0) is 6.18 Å². The maximum atomic E-state index is 12.9. The minimum absolute atomic E-state index is 0.0476. The number of rotatable bonds is 4. The van der Waals surface area contributed by atoms with Gasteiger partial charge >= 0.3 is 6.18 Å². The maximum absolute atomic E-state index is 12.9. The fourth-order valence-corrected chi connectivity index (χ4v) is 2.29. The summed E-state index contributed by atoms with van der Waals surface area (Å²) >= 11 is 0. The highest BCUT2D eigenvalue weighted by Crippen LogP contribution is 2.35. The van der Waals surface area contributed by atoms with Crippen molar-refractivity contribution in [3.05, 3.63) is 59.2 Å². The van der Waals surface area contributed by atoms with Crippen molar-refractivity contribution in [3.63, 3.8) is 0 Å². The molecule has 0 saturated heterocycles. The van der Waals surface area contributed by atoms with Crippen molar-refractivity contribution in [1.82, 2.24) is 9.97 Å². The van der Waals surface area contributed by atoms with Gasteiger partial charge in [0.1, 0.15) is 11.6 Å². The molecule has 0 saturated carbocycles. The van der Waals surface area contributed by atoms with Gasteiger partial charge in [-0.3, -0.25) is 4.98 Å². The van der Waals surface area contributed by atoms with E-state index in [0.717, 1.165) is 0 Å². The Morgan fingerprint density at radius 1 is 1.17 bits per heavy atom. The van der Waals surface area contributed by atoms with Crippen LogP contribution >= 0.6 is 0 Å². The fourth-order valence-electron chi connectivity index (χ4n) is 2.29. The first-order chi connectivity index (χ1) is 11.2. The number of hydrogen-bond donors (Lipinski definition) is 2. The standard InChI is InChI=1S/C16H14F3N3O2/c1-9-5-11(6-13(22-9)16(17,18)19)15(24)12(7-20)14(23)10-3-2-4-21-8-10/h2-6,8,12,14-15,23-24H,1H3. The lowest BCUT2D eigenvalue weighted by molar-refractivity contribution is -0.141. The van der Waals surface area contributed by atoms with Crippen molar-refractivity contribution in [2.45, 2.75) is 25.3 Å². The Balaban J connectivity index is 2.37. The number of aliphatic hydroxyl groups is 2. The zero-order valence-electron chi connectivity index (χ0n) is 12.6. The Labute approximate surface area is 136 Å². The third-order valence-corrected chi connectivity index (χ3v) is 3.46. The maximum Gasteiger partial charge on any atom is 0.433 e. The minimum Gasteiger partial charge on any atom is -0.387 e. The Morgan fingerprint density at radius 2 is 1.83 bits per heavy atom. The van der Waals surface area contributed by atoms with Crippen molar-refractivity contribution < 1.29 is 23.4 Å². The second-order valence-corrected chi connectivity index (χ2v) is 5.26. The Hall–Kier alpha value is -2.50. The molecule has 0 radical (unpaired) electrons. The summed E-state index contributed by atoms with van der Waals surface area (Å²) < 4.78 is 38.6. The number of aliphatic hydroxyl groups excluding tert-OH is 2. The zero-order valence-corrected chi connectivity index (χ0v) is 12.6. The summed E-state index contributed by atoms with van der Waals surface area (Å²) in [6.45, 7) is 1.35. The molecule has 5 nitrogen and oxygen atoms in total. The summed E-state index contributed by atoms with van der Waals surface area (Å²) in [7, 11) is 0. The van der Waals surface area contributed by atoms with Crippen molar-refractivity contribution in [1.29, 1.82) is 5.26 Å². The quantitative estimate of drug-likeness (QED) is 0.895. The molecular formula is C16H14F3N3O2. The average Bonchev–Trinajstić information content (AvgIpc) is 2.54. The summed E-state index contributed by atoms with van der Waals surface area (Å²) in [5.74, 6) is -1.36. The molecule has 0 bridgehead atoms. The molecule has 8 heteroatoms. The summed E-state index contributed by atoms with van der Waals surface area (Å²) in [6, 6.07) is 6.72. The van der Waals surface area contributed by atoms with Crippen LogP contribution in [0.2, 0.25) is 0 Å². The number of halogens is 3. The third kappa shape index (κ3) is 3.88. The van der Waals surface area contributed by atoms with E-state index in [1.54, 1.807) is 6.07 Å². The van der Waals surface area contributed by atoms with Gasteiger partial charge in [-0.2, -0.15) is 18.4 Å². The number of aryl methyl sites for hydroxylation is 1. The normalized spacial score (nSPS) is 15.4. The number of alkyl halides is 3. The van der Waals surface area contributed by atoms with E-state index in [-0.39, 0.29) is 16.8 Å². The van der Waals surface area contributed by atoms with E-state index in [9.17, 15) is 28.6 Å². The highest BCUT2D eigenvalue weighted by molar-refractivity contribution is 5.27. The van der Waals surface area contributed by atoms with Crippen LogP contribution < -0.4 is 0 Å². The molecular weight excluding hydrogens is 323 g/mol. The molecule has 2 heterocycles. The van der Waals surface area contributed by atoms with Crippen LogP contribution in [-0.4, -0.2) is 20.2 Å². The molecule has 0 aliphatic rings. The highest BCUT2D eigenvalue weighted by Gasteiger charge is 2.35. The van der Waals surface area contributed by atoms with Gasteiger partial charge in [0.2, 0.25) is 0 Å². The fraction of sp³-hybridized carbons (Fsp3) is 0.312. The van der Waals surface area contributed by atoms with Crippen molar-refractivity contribution >= 4 is 0 Å². The van der Waals surface area contributed by atoms with Gasteiger partial charge in [-0.25, -0.2) is 4.98 Å². The Bertz CT molecular complexity index is 744. The lowest BCUT2D eigenvalue weighted by atomic mass is 9.88.